The van der Waals surface area contributed by atoms with Crippen LogP contribution in [0.25, 0.3) is 22.3 Å². The van der Waals surface area contributed by atoms with Crippen LogP contribution in [-0.4, -0.2) is 69.4 Å². The zero-order valence-corrected chi connectivity index (χ0v) is 33.7. The quantitative estimate of drug-likeness (QED) is 0.123. The van der Waals surface area contributed by atoms with E-state index in [0.717, 1.165) is 48.9 Å². The van der Waals surface area contributed by atoms with Crippen molar-refractivity contribution in [3.63, 3.8) is 0 Å². The minimum atomic E-state index is -4.60. The second kappa shape index (κ2) is 14.7. The number of piperidine rings is 2. The van der Waals surface area contributed by atoms with Crippen molar-refractivity contribution in [2.24, 2.45) is 5.92 Å². The van der Waals surface area contributed by atoms with Crippen molar-refractivity contribution in [1.82, 2.24) is 19.2 Å². The number of hydrogen-bond donors (Lipinski definition) is 1. The zero-order valence-electron chi connectivity index (χ0n) is 32.9. The Morgan fingerprint density at radius 2 is 1.61 bits per heavy atom. The Kier molecular flexibility index (Phi) is 10.6. The minimum Gasteiger partial charge on any atom is -0.443 e. The number of rotatable bonds is 10. The third-order valence-electron chi connectivity index (χ3n) is 10.9. The second-order valence-electron chi connectivity index (χ2n) is 16.7. The summed E-state index contributed by atoms with van der Waals surface area (Å²) >= 11 is 0. The van der Waals surface area contributed by atoms with E-state index in [9.17, 15) is 38.2 Å². The normalized spacial score (nSPS) is 17.9. The van der Waals surface area contributed by atoms with Crippen LogP contribution in [0.5, 0.6) is 0 Å². The van der Waals surface area contributed by atoms with Crippen LogP contribution in [0, 0.1) is 40.0 Å². The number of hydrogen-bond acceptors (Lipinski definition) is 10. The predicted molar refractivity (Wildman–Crippen MR) is 210 cm³/mol. The number of nitrogens with zero attached hydrogens (tertiary/aromatic N) is 5. The van der Waals surface area contributed by atoms with Gasteiger partial charge in [0.05, 0.1) is 27.0 Å². The maximum atomic E-state index is 14.3. The summed E-state index contributed by atoms with van der Waals surface area (Å²) < 4.78 is 37.2. The summed E-state index contributed by atoms with van der Waals surface area (Å²) in [6, 6.07) is 10.2. The molecule has 0 unspecified atom stereocenters. The maximum absolute atomic E-state index is 14.3. The molecule has 2 bridgehead atoms. The molecule has 2 aromatic heterocycles. The van der Waals surface area contributed by atoms with Crippen molar-refractivity contribution in [2.75, 3.05) is 13.1 Å². The first-order valence-corrected chi connectivity index (χ1v) is 20.2. The third kappa shape index (κ3) is 7.76. The zero-order chi connectivity index (χ0) is 41.1. The van der Waals surface area contributed by atoms with Gasteiger partial charge in [-0.15, -0.1) is 0 Å². The van der Waals surface area contributed by atoms with Crippen molar-refractivity contribution in [2.45, 2.75) is 109 Å². The Bertz CT molecular complexity index is 2350. The first kappa shape index (κ1) is 40.4. The molecule has 3 fully saturated rings. The molecule has 16 heteroatoms. The largest absolute Gasteiger partial charge is 0.443 e. The standard InChI is InChI=1S/C40H48N6O9S/c1-23-15-24(2)17-27(16-23)35-34(25(3)20-42-56(53,54)33-14-13-30(45(49)50)19-32(33)46(51)52)31-18-28(21-41-36(31)44(35)38(48)55-39(4,5)6)40(7,8)37(47)43-22-26-9-11-29(43)12-10-26/h13-19,21,25-26,29,42H,9-12,20,22H2,1-8H3/t25-,26?,29?/m1/s1. The number of nitro benzene ring substituents is 2. The smallest absolute Gasteiger partial charge is 0.420 e. The van der Waals surface area contributed by atoms with E-state index < -0.39 is 59.2 Å². The van der Waals surface area contributed by atoms with Crippen LogP contribution in [0.1, 0.15) is 95.4 Å². The summed E-state index contributed by atoms with van der Waals surface area (Å²) in [6.07, 6.45) is 5.08. The highest BCUT2D eigenvalue weighted by Gasteiger charge is 2.43. The molecule has 3 aliphatic rings. The average Bonchev–Trinajstić information content (AvgIpc) is 3.47. The summed E-state index contributed by atoms with van der Waals surface area (Å²) in [4.78, 5) is 56.1. The van der Waals surface area contributed by atoms with Gasteiger partial charge >= 0.3 is 6.09 Å². The van der Waals surface area contributed by atoms with Crippen LogP contribution in [-0.2, 0) is 25.0 Å². The molecule has 2 aliphatic heterocycles. The lowest BCUT2D eigenvalue weighted by Gasteiger charge is -2.47. The Morgan fingerprint density at radius 1 is 0.964 bits per heavy atom. The number of nitrogens with one attached hydrogen (secondary N) is 1. The van der Waals surface area contributed by atoms with Gasteiger partial charge in [-0.3, -0.25) is 25.0 Å². The number of carbonyl (C=O) groups is 2. The van der Waals surface area contributed by atoms with Gasteiger partial charge in [-0.1, -0.05) is 24.1 Å². The molecular formula is C40H48N6O9S. The van der Waals surface area contributed by atoms with Crippen molar-refractivity contribution >= 4 is 44.4 Å². The van der Waals surface area contributed by atoms with E-state index in [4.69, 9.17) is 9.72 Å². The van der Waals surface area contributed by atoms with E-state index in [1.165, 1.54) is 4.57 Å². The molecule has 4 heterocycles. The molecule has 1 atom stereocenters. The molecule has 15 nitrogen and oxygen atoms in total. The molecule has 0 radical (unpaired) electrons. The molecule has 0 spiro atoms. The fraction of sp³-hybridized carbons (Fsp3) is 0.475. The molecule has 7 rings (SSSR count). The number of sulfonamides is 1. The molecule has 1 saturated carbocycles. The molecule has 4 aromatic rings. The number of non-ortho nitro benzene ring substituents is 1. The van der Waals surface area contributed by atoms with Gasteiger partial charge in [0.2, 0.25) is 15.9 Å². The SMILES string of the molecule is Cc1cc(C)cc(-c2c([C@H](C)CNS(=O)(=O)c3ccc([N+](=O)[O-])cc3[N+](=O)[O-])c3cc(C(C)(C)C(=O)N4CC5CCC4CC5)cnc3n2C(=O)OC(C)(C)C)c1. The van der Waals surface area contributed by atoms with E-state index >= 15 is 0 Å². The maximum Gasteiger partial charge on any atom is 0.420 e. The Morgan fingerprint density at radius 3 is 2.16 bits per heavy atom. The molecule has 298 valence electrons. The molecule has 1 N–H and O–H groups in total. The van der Waals surface area contributed by atoms with Gasteiger partial charge < -0.3 is 9.64 Å². The highest BCUT2D eigenvalue weighted by molar-refractivity contribution is 7.89. The summed E-state index contributed by atoms with van der Waals surface area (Å²) in [5, 5.41) is 23.7. The number of benzene rings is 2. The number of fused-ring (bicyclic) bond motifs is 4. The molecule has 2 aromatic carbocycles. The predicted octanol–water partition coefficient (Wildman–Crippen LogP) is 7.68. The second-order valence-corrected chi connectivity index (χ2v) is 18.5. The highest BCUT2D eigenvalue weighted by atomic mass is 32.2. The van der Waals surface area contributed by atoms with Crippen LogP contribution in [0.2, 0.25) is 0 Å². The van der Waals surface area contributed by atoms with Gasteiger partial charge in [0.15, 0.2) is 4.90 Å². The first-order valence-electron chi connectivity index (χ1n) is 18.7. The van der Waals surface area contributed by atoms with Gasteiger partial charge in [0.1, 0.15) is 11.2 Å². The summed E-state index contributed by atoms with van der Waals surface area (Å²) in [7, 11) is -4.60. The van der Waals surface area contributed by atoms with Gasteiger partial charge in [0.25, 0.3) is 11.4 Å². The van der Waals surface area contributed by atoms with E-state index in [1.54, 1.807) is 33.9 Å². The van der Waals surface area contributed by atoms with Gasteiger partial charge in [0, 0.05) is 36.8 Å². The van der Waals surface area contributed by atoms with Crippen molar-refractivity contribution in [3.05, 3.63) is 91.1 Å². The van der Waals surface area contributed by atoms with Crippen LogP contribution in [0.15, 0.2) is 53.6 Å². The van der Waals surface area contributed by atoms with E-state index in [1.807, 2.05) is 56.9 Å². The number of aryl methyl sites for hydroxylation is 2. The van der Waals surface area contributed by atoms with Crippen LogP contribution >= 0.6 is 0 Å². The van der Waals surface area contributed by atoms with Gasteiger partial charge in [-0.05, 0) is 127 Å². The summed E-state index contributed by atoms with van der Waals surface area (Å²) in [5.41, 5.74) is 0.776. The average molecular weight is 789 g/mol. The summed E-state index contributed by atoms with van der Waals surface area (Å²) in [5.74, 6) is -0.244. The topological polar surface area (TPSA) is 197 Å². The fourth-order valence-electron chi connectivity index (χ4n) is 8.11. The number of carbonyl (C=O) groups excluding carboxylic acids is 2. The van der Waals surface area contributed by atoms with Gasteiger partial charge in [-0.25, -0.2) is 27.5 Å². The van der Waals surface area contributed by atoms with Crippen LogP contribution in [0.4, 0.5) is 16.2 Å². The number of amides is 1. The number of ether oxygens (including phenoxy) is 1. The lowest BCUT2D eigenvalue weighted by atomic mass is 9.76. The molecule has 56 heavy (non-hydrogen) atoms. The molecule has 1 aliphatic carbocycles. The molecular weight excluding hydrogens is 741 g/mol. The van der Waals surface area contributed by atoms with E-state index in [2.05, 4.69) is 4.72 Å². The summed E-state index contributed by atoms with van der Waals surface area (Å²) in [6.45, 7) is 15.0. The van der Waals surface area contributed by atoms with Crippen molar-refractivity contribution < 1.29 is 32.6 Å². The van der Waals surface area contributed by atoms with Crippen LogP contribution < -0.4 is 4.72 Å². The third-order valence-corrected chi connectivity index (χ3v) is 12.3. The molecule has 1 amide bonds. The van der Waals surface area contributed by atoms with Crippen molar-refractivity contribution in [1.29, 1.82) is 0 Å². The Hall–Kier alpha value is -5.22. The lowest BCUT2D eigenvalue weighted by molar-refractivity contribution is -0.396. The minimum absolute atomic E-state index is 0.0128. The van der Waals surface area contributed by atoms with E-state index in [0.29, 0.717) is 46.3 Å². The monoisotopic (exact) mass is 788 g/mol. The van der Waals surface area contributed by atoms with Gasteiger partial charge in [-0.2, -0.15) is 0 Å². The van der Waals surface area contributed by atoms with Crippen LogP contribution in [0.3, 0.4) is 0 Å². The van der Waals surface area contributed by atoms with Crippen molar-refractivity contribution in [3.8, 4) is 11.3 Å². The first-order chi connectivity index (χ1) is 26.1. The lowest BCUT2D eigenvalue weighted by Crippen LogP contribution is -2.55. The Balaban J connectivity index is 1.52. The number of nitro groups is 2. The number of pyridine rings is 1. The fourth-order valence-corrected chi connectivity index (χ4v) is 9.39. The molecule has 2 saturated heterocycles. The van der Waals surface area contributed by atoms with E-state index in [-0.39, 0.29) is 24.1 Å². The Labute approximate surface area is 325 Å². The number of aromatic nitrogens is 2. The highest BCUT2D eigenvalue weighted by Crippen LogP contribution is 2.42.